The lowest BCUT2D eigenvalue weighted by Crippen LogP contribution is -2.27. The minimum atomic E-state index is 0.0589. The zero-order valence-electron chi connectivity index (χ0n) is 11.9. The van der Waals surface area contributed by atoms with E-state index >= 15 is 0 Å². The molecule has 3 nitrogen and oxygen atoms in total. The van der Waals surface area contributed by atoms with Crippen LogP contribution < -0.4 is 5.32 Å². The van der Waals surface area contributed by atoms with E-state index in [4.69, 9.17) is 4.98 Å². The van der Waals surface area contributed by atoms with E-state index in [-0.39, 0.29) is 5.91 Å². The van der Waals surface area contributed by atoms with Crippen molar-refractivity contribution >= 4 is 16.8 Å². The summed E-state index contributed by atoms with van der Waals surface area (Å²) in [5, 5.41) is 4.01. The van der Waals surface area contributed by atoms with Gasteiger partial charge < -0.3 is 5.32 Å². The number of hydrogen-bond donors (Lipinski definition) is 1. The highest BCUT2D eigenvalue weighted by molar-refractivity contribution is 6.07. The topological polar surface area (TPSA) is 42.0 Å². The molecule has 0 aliphatic heterocycles. The lowest BCUT2D eigenvalue weighted by molar-refractivity contribution is 0.0954. The predicted molar refractivity (Wildman–Crippen MR) is 81.0 cm³/mol. The molecule has 1 aliphatic rings. The molecular formula is C17H20N2O. The first-order chi connectivity index (χ1) is 9.81. The van der Waals surface area contributed by atoms with Crippen molar-refractivity contribution in [2.45, 2.75) is 39.0 Å². The van der Waals surface area contributed by atoms with Crippen molar-refractivity contribution in [3.8, 4) is 0 Å². The minimum Gasteiger partial charge on any atom is -0.352 e. The number of aryl methyl sites for hydroxylation is 1. The third-order valence-electron chi connectivity index (χ3n) is 3.93. The third-order valence-corrected chi connectivity index (χ3v) is 3.93. The molecule has 1 amide bonds. The highest BCUT2D eigenvalue weighted by Crippen LogP contribution is 2.29. The van der Waals surface area contributed by atoms with Crippen molar-refractivity contribution in [3.05, 3.63) is 41.1 Å². The van der Waals surface area contributed by atoms with E-state index in [1.165, 1.54) is 12.0 Å². The van der Waals surface area contributed by atoms with Crippen LogP contribution in [-0.4, -0.2) is 17.4 Å². The fourth-order valence-corrected chi connectivity index (χ4v) is 2.96. The van der Waals surface area contributed by atoms with E-state index in [0.717, 1.165) is 54.4 Å². The molecule has 2 aromatic rings. The molecule has 3 heteroatoms. The van der Waals surface area contributed by atoms with Crippen LogP contribution >= 0.6 is 0 Å². The molecule has 0 spiro atoms. The van der Waals surface area contributed by atoms with E-state index in [2.05, 4.69) is 12.2 Å². The molecule has 0 saturated heterocycles. The standard InChI is InChI=1S/C17H20N2O/c1-2-11-18-17(20)16-12-7-3-5-9-14(12)19-15-10-6-4-8-13(15)16/h3,5,7,9H,2,4,6,8,10-11H2,1H3,(H,18,20). The van der Waals surface area contributed by atoms with Crippen LogP contribution in [0.2, 0.25) is 0 Å². The first kappa shape index (κ1) is 13.1. The number of pyridine rings is 1. The van der Waals surface area contributed by atoms with Crippen LogP contribution in [0.3, 0.4) is 0 Å². The predicted octanol–water partition coefficient (Wildman–Crippen LogP) is 3.25. The van der Waals surface area contributed by atoms with Gasteiger partial charge in [0, 0.05) is 17.6 Å². The van der Waals surface area contributed by atoms with Crippen molar-refractivity contribution in [1.82, 2.24) is 10.3 Å². The number of nitrogens with zero attached hydrogens (tertiary/aromatic N) is 1. The van der Waals surface area contributed by atoms with Crippen LogP contribution in [0.15, 0.2) is 24.3 Å². The molecule has 0 radical (unpaired) electrons. The Balaban J connectivity index is 2.17. The Labute approximate surface area is 119 Å². The second kappa shape index (κ2) is 5.61. The van der Waals surface area contributed by atoms with Gasteiger partial charge in [-0.2, -0.15) is 0 Å². The first-order valence-electron chi connectivity index (χ1n) is 7.50. The first-order valence-corrected chi connectivity index (χ1v) is 7.50. The van der Waals surface area contributed by atoms with Crippen LogP contribution in [-0.2, 0) is 12.8 Å². The second-order valence-corrected chi connectivity index (χ2v) is 5.39. The van der Waals surface area contributed by atoms with Gasteiger partial charge in [-0.25, -0.2) is 0 Å². The zero-order valence-corrected chi connectivity index (χ0v) is 11.9. The van der Waals surface area contributed by atoms with Gasteiger partial charge in [-0.05, 0) is 43.7 Å². The summed E-state index contributed by atoms with van der Waals surface area (Å²) >= 11 is 0. The van der Waals surface area contributed by atoms with Crippen LogP contribution in [0.1, 0.15) is 47.8 Å². The van der Waals surface area contributed by atoms with Crippen LogP contribution in [0.25, 0.3) is 10.9 Å². The summed E-state index contributed by atoms with van der Waals surface area (Å²) < 4.78 is 0. The fraction of sp³-hybridized carbons (Fsp3) is 0.412. The molecule has 0 fully saturated rings. The number of carbonyl (C=O) groups excluding carboxylic acids is 1. The van der Waals surface area contributed by atoms with Gasteiger partial charge in [-0.15, -0.1) is 0 Å². The summed E-state index contributed by atoms with van der Waals surface area (Å²) in [5.41, 5.74) is 4.09. The minimum absolute atomic E-state index is 0.0589. The van der Waals surface area contributed by atoms with Gasteiger partial charge in [0.2, 0.25) is 0 Å². The van der Waals surface area contributed by atoms with E-state index in [1.807, 2.05) is 24.3 Å². The summed E-state index contributed by atoms with van der Waals surface area (Å²) in [7, 11) is 0. The highest BCUT2D eigenvalue weighted by atomic mass is 16.1. The normalized spacial score (nSPS) is 14.1. The van der Waals surface area contributed by atoms with Gasteiger partial charge >= 0.3 is 0 Å². The maximum Gasteiger partial charge on any atom is 0.252 e. The van der Waals surface area contributed by atoms with Gasteiger partial charge in [0.05, 0.1) is 11.1 Å². The van der Waals surface area contributed by atoms with Crippen molar-refractivity contribution < 1.29 is 4.79 Å². The van der Waals surface area contributed by atoms with Crippen LogP contribution in [0, 0.1) is 0 Å². The monoisotopic (exact) mass is 268 g/mol. The molecule has 1 N–H and O–H groups in total. The number of fused-ring (bicyclic) bond motifs is 2. The quantitative estimate of drug-likeness (QED) is 0.928. The molecule has 1 aromatic carbocycles. The number of carbonyl (C=O) groups is 1. The van der Waals surface area contributed by atoms with Crippen molar-refractivity contribution in [1.29, 1.82) is 0 Å². The molecule has 0 bridgehead atoms. The lowest BCUT2D eigenvalue weighted by atomic mass is 9.89. The number of amides is 1. The van der Waals surface area contributed by atoms with Crippen molar-refractivity contribution in [3.63, 3.8) is 0 Å². The number of benzene rings is 1. The average Bonchev–Trinajstić information content (AvgIpc) is 2.50. The summed E-state index contributed by atoms with van der Waals surface area (Å²) in [6, 6.07) is 7.98. The summed E-state index contributed by atoms with van der Waals surface area (Å²) in [5.74, 6) is 0.0589. The van der Waals surface area contributed by atoms with Crippen molar-refractivity contribution in [2.24, 2.45) is 0 Å². The van der Waals surface area contributed by atoms with E-state index < -0.39 is 0 Å². The highest BCUT2D eigenvalue weighted by Gasteiger charge is 2.21. The molecular weight excluding hydrogens is 248 g/mol. The lowest BCUT2D eigenvalue weighted by Gasteiger charge is -2.20. The second-order valence-electron chi connectivity index (χ2n) is 5.39. The van der Waals surface area contributed by atoms with Gasteiger partial charge in [-0.3, -0.25) is 9.78 Å². The Morgan fingerprint density at radius 2 is 2.05 bits per heavy atom. The fourth-order valence-electron chi connectivity index (χ4n) is 2.96. The maximum absolute atomic E-state index is 12.6. The summed E-state index contributed by atoms with van der Waals surface area (Å²) in [6.45, 7) is 2.80. The maximum atomic E-state index is 12.6. The van der Waals surface area contributed by atoms with Gasteiger partial charge in [0.1, 0.15) is 0 Å². The number of hydrogen-bond acceptors (Lipinski definition) is 2. The zero-order chi connectivity index (χ0) is 13.9. The van der Waals surface area contributed by atoms with E-state index in [0.29, 0.717) is 0 Å². The van der Waals surface area contributed by atoms with Crippen LogP contribution in [0.4, 0.5) is 0 Å². The molecule has 104 valence electrons. The molecule has 1 aliphatic carbocycles. The van der Waals surface area contributed by atoms with Gasteiger partial charge in [0.25, 0.3) is 5.91 Å². The Morgan fingerprint density at radius 3 is 2.90 bits per heavy atom. The Kier molecular flexibility index (Phi) is 3.68. The Morgan fingerprint density at radius 1 is 1.25 bits per heavy atom. The SMILES string of the molecule is CCCNC(=O)c1c2c(nc3ccccc13)CCCC2. The Bertz CT molecular complexity index is 649. The van der Waals surface area contributed by atoms with Gasteiger partial charge in [0.15, 0.2) is 0 Å². The van der Waals surface area contributed by atoms with E-state index in [9.17, 15) is 4.79 Å². The summed E-state index contributed by atoms with van der Waals surface area (Å²) in [4.78, 5) is 17.3. The molecule has 0 atom stereocenters. The summed E-state index contributed by atoms with van der Waals surface area (Å²) in [6.07, 6.45) is 5.25. The third kappa shape index (κ3) is 2.28. The number of para-hydroxylation sites is 1. The van der Waals surface area contributed by atoms with E-state index in [1.54, 1.807) is 0 Å². The number of rotatable bonds is 3. The molecule has 1 aromatic heterocycles. The molecule has 3 rings (SSSR count). The Hall–Kier alpha value is -1.90. The molecule has 20 heavy (non-hydrogen) atoms. The molecule has 1 heterocycles. The average molecular weight is 268 g/mol. The van der Waals surface area contributed by atoms with Crippen molar-refractivity contribution in [2.75, 3.05) is 6.54 Å². The number of nitrogens with one attached hydrogen (secondary N) is 1. The van der Waals surface area contributed by atoms with Gasteiger partial charge in [-0.1, -0.05) is 25.1 Å². The largest absolute Gasteiger partial charge is 0.352 e. The smallest absolute Gasteiger partial charge is 0.252 e. The molecule has 0 unspecified atom stereocenters. The number of aromatic nitrogens is 1. The van der Waals surface area contributed by atoms with Crippen LogP contribution in [0.5, 0.6) is 0 Å². The molecule has 0 saturated carbocycles.